The Morgan fingerprint density at radius 3 is 2.34 bits per heavy atom. The molecule has 1 fully saturated rings. The largest absolute Gasteiger partial charge is 0.345 e. The number of hydrogen-bond acceptors (Lipinski definition) is 4. The van der Waals surface area contributed by atoms with Gasteiger partial charge in [-0.05, 0) is 74.6 Å². The van der Waals surface area contributed by atoms with Gasteiger partial charge in [0, 0.05) is 17.7 Å². The maximum absolute atomic E-state index is 13.4. The topological polar surface area (TPSA) is 75.5 Å². The summed E-state index contributed by atoms with van der Waals surface area (Å²) in [6.07, 6.45) is 2.92. The van der Waals surface area contributed by atoms with Gasteiger partial charge in [-0.25, -0.2) is 4.39 Å². The number of rotatable bonds is 7. The number of carbonyl (C=O) groups excluding carboxylic acids is 1. The van der Waals surface area contributed by atoms with Gasteiger partial charge in [-0.15, -0.1) is 0 Å². The van der Waals surface area contributed by atoms with Crippen LogP contribution in [0.4, 0.5) is 10.1 Å². The Balaban J connectivity index is 1.73. The highest BCUT2D eigenvalue weighted by atomic mass is 19.1. The summed E-state index contributed by atoms with van der Waals surface area (Å²) in [6.45, 7) is 5.30. The average molecular weight is 399 g/mol. The Hall–Kier alpha value is -2.80. The fourth-order valence-electron chi connectivity index (χ4n) is 3.82. The molecule has 154 valence electrons. The molecular weight excluding hydrogens is 373 g/mol. The van der Waals surface area contributed by atoms with Crippen molar-refractivity contribution in [2.45, 2.75) is 32.2 Å². The lowest BCUT2D eigenvalue weighted by Gasteiger charge is -2.33. The van der Waals surface area contributed by atoms with E-state index in [1.54, 1.807) is 12.1 Å². The van der Waals surface area contributed by atoms with Gasteiger partial charge in [0.15, 0.2) is 0 Å². The third-order valence-corrected chi connectivity index (χ3v) is 5.64. The number of nitro groups is 1. The maximum Gasteiger partial charge on any atom is 0.269 e. The van der Waals surface area contributed by atoms with E-state index in [4.69, 9.17) is 0 Å². The zero-order valence-corrected chi connectivity index (χ0v) is 16.5. The van der Waals surface area contributed by atoms with Crippen LogP contribution in [0.3, 0.4) is 0 Å². The number of amides is 1. The van der Waals surface area contributed by atoms with Crippen LogP contribution in [0.15, 0.2) is 48.5 Å². The molecular formula is C22H26FN3O3. The zero-order chi connectivity index (χ0) is 20.8. The van der Waals surface area contributed by atoms with Gasteiger partial charge in [0.1, 0.15) is 5.82 Å². The van der Waals surface area contributed by atoms with E-state index in [1.807, 2.05) is 0 Å². The Morgan fingerprint density at radius 2 is 1.79 bits per heavy atom. The summed E-state index contributed by atoms with van der Waals surface area (Å²) in [5, 5.41) is 13.9. The highest BCUT2D eigenvalue weighted by molar-refractivity contribution is 5.94. The first-order valence-corrected chi connectivity index (χ1v) is 9.99. The molecule has 0 bridgehead atoms. The number of nitrogens with zero attached hydrogens (tertiary/aromatic N) is 2. The van der Waals surface area contributed by atoms with Crippen molar-refractivity contribution in [2.24, 2.45) is 5.92 Å². The number of nitrogens with one attached hydrogen (secondary N) is 1. The van der Waals surface area contributed by atoms with E-state index in [2.05, 4.69) is 17.1 Å². The van der Waals surface area contributed by atoms with Crippen molar-refractivity contribution in [3.8, 4) is 0 Å². The minimum atomic E-state index is -0.494. The standard InChI is InChI=1S/C22H26FN3O3/c1-2-25-13-11-16(12-14-25)15-21(17-3-7-19(23)8-4-17)24-22(27)18-5-9-20(10-6-18)26(28)29/h3-10,16,21H,2,11-15H2,1H3,(H,24,27). The Kier molecular flexibility index (Phi) is 6.93. The quantitative estimate of drug-likeness (QED) is 0.556. The van der Waals surface area contributed by atoms with Crippen LogP contribution in [0.1, 0.15) is 48.1 Å². The molecule has 29 heavy (non-hydrogen) atoms. The maximum atomic E-state index is 13.4. The molecule has 1 atom stereocenters. The van der Waals surface area contributed by atoms with Crippen molar-refractivity contribution in [3.05, 3.63) is 75.6 Å². The van der Waals surface area contributed by atoms with E-state index in [9.17, 15) is 19.3 Å². The number of nitro benzene ring substituents is 1. The van der Waals surface area contributed by atoms with Gasteiger partial charge in [0.05, 0.1) is 11.0 Å². The molecule has 0 spiro atoms. The molecule has 1 aliphatic heterocycles. The second-order valence-corrected chi connectivity index (χ2v) is 7.49. The highest BCUT2D eigenvalue weighted by Gasteiger charge is 2.24. The molecule has 7 heteroatoms. The fourth-order valence-corrected chi connectivity index (χ4v) is 3.82. The summed E-state index contributed by atoms with van der Waals surface area (Å²) >= 11 is 0. The third-order valence-electron chi connectivity index (χ3n) is 5.64. The Morgan fingerprint density at radius 1 is 1.17 bits per heavy atom. The van der Waals surface area contributed by atoms with Crippen LogP contribution >= 0.6 is 0 Å². The van der Waals surface area contributed by atoms with E-state index in [0.29, 0.717) is 11.5 Å². The molecule has 0 aromatic heterocycles. The first kappa shape index (κ1) is 20.9. The van der Waals surface area contributed by atoms with Crippen LogP contribution in [0.5, 0.6) is 0 Å². The molecule has 0 aliphatic carbocycles. The number of non-ortho nitro benzene ring substituents is 1. The number of piperidine rings is 1. The highest BCUT2D eigenvalue weighted by Crippen LogP contribution is 2.29. The molecule has 1 unspecified atom stereocenters. The summed E-state index contributed by atoms with van der Waals surface area (Å²) in [4.78, 5) is 25.5. The van der Waals surface area contributed by atoms with Gasteiger partial charge >= 0.3 is 0 Å². The lowest BCUT2D eigenvalue weighted by molar-refractivity contribution is -0.384. The minimum Gasteiger partial charge on any atom is -0.345 e. The van der Waals surface area contributed by atoms with E-state index < -0.39 is 4.92 Å². The second-order valence-electron chi connectivity index (χ2n) is 7.49. The van der Waals surface area contributed by atoms with Crippen LogP contribution in [0.2, 0.25) is 0 Å². The van der Waals surface area contributed by atoms with Gasteiger partial charge in [0.25, 0.3) is 11.6 Å². The average Bonchev–Trinajstić information content (AvgIpc) is 2.74. The van der Waals surface area contributed by atoms with Crippen LogP contribution in [-0.4, -0.2) is 35.4 Å². The number of benzene rings is 2. The molecule has 6 nitrogen and oxygen atoms in total. The Bertz CT molecular complexity index is 831. The Labute approximate surface area is 169 Å². The van der Waals surface area contributed by atoms with Crippen molar-refractivity contribution in [3.63, 3.8) is 0 Å². The normalized spacial score (nSPS) is 16.3. The molecule has 1 heterocycles. The summed E-state index contributed by atoms with van der Waals surface area (Å²) in [5.74, 6) is -0.129. The van der Waals surface area contributed by atoms with E-state index in [0.717, 1.165) is 44.5 Å². The smallest absolute Gasteiger partial charge is 0.269 e. The molecule has 1 saturated heterocycles. The van der Waals surface area contributed by atoms with Crippen molar-refractivity contribution in [2.75, 3.05) is 19.6 Å². The van der Waals surface area contributed by atoms with Crippen LogP contribution in [0.25, 0.3) is 0 Å². The molecule has 2 aromatic rings. The third kappa shape index (κ3) is 5.60. The van der Waals surface area contributed by atoms with E-state index >= 15 is 0 Å². The van der Waals surface area contributed by atoms with Crippen molar-refractivity contribution < 1.29 is 14.1 Å². The van der Waals surface area contributed by atoms with Gasteiger partial charge < -0.3 is 10.2 Å². The predicted molar refractivity (Wildman–Crippen MR) is 109 cm³/mol. The molecule has 1 amide bonds. The summed E-state index contributed by atoms with van der Waals surface area (Å²) in [6, 6.07) is 11.5. The molecule has 0 radical (unpaired) electrons. The number of carbonyl (C=O) groups is 1. The lowest BCUT2D eigenvalue weighted by Crippen LogP contribution is -2.36. The lowest BCUT2D eigenvalue weighted by atomic mass is 9.87. The SMILES string of the molecule is CCN1CCC(CC(NC(=O)c2ccc([N+](=O)[O-])cc2)c2ccc(F)cc2)CC1. The second kappa shape index (κ2) is 9.60. The van der Waals surface area contributed by atoms with Crippen molar-refractivity contribution in [1.82, 2.24) is 10.2 Å². The summed E-state index contributed by atoms with van der Waals surface area (Å²) in [5.41, 5.74) is 1.17. The van der Waals surface area contributed by atoms with Crippen LogP contribution in [0, 0.1) is 21.8 Å². The molecule has 2 aromatic carbocycles. The van der Waals surface area contributed by atoms with Gasteiger partial charge in [-0.3, -0.25) is 14.9 Å². The predicted octanol–water partition coefficient (Wildman–Crippen LogP) is 4.33. The molecule has 1 N–H and O–H groups in total. The molecule has 3 rings (SSSR count). The molecule has 1 aliphatic rings. The summed E-state index contributed by atoms with van der Waals surface area (Å²) < 4.78 is 13.4. The fraction of sp³-hybridized carbons (Fsp3) is 0.409. The zero-order valence-electron chi connectivity index (χ0n) is 16.5. The van der Waals surface area contributed by atoms with E-state index in [-0.39, 0.29) is 23.5 Å². The molecule has 0 saturated carbocycles. The summed E-state index contributed by atoms with van der Waals surface area (Å²) in [7, 11) is 0. The van der Waals surface area contributed by atoms with Gasteiger partial charge in [-0.1, -0.05) is 19.1 Å². The van der Waals surface area contributed by atoms with Gasteiger partial charge in [0.2, 0.25) is 0 Å². The first-order chi connectivity index (χ1) is 14.0. The van der Waals surface area contributed by atoms with Gasteiger partial charge in [-0.2, -0.15) is 0 Å². The number of likely N-dealkylation sites (tertiary alicyclic amines) is 1. The number of halogens is 1. The number of hydrogen-bond donors (Lipinski definition) is 1. The van der Waals surface area contributed by atoms with Crippen molar-refractivity contribution in [1.29, 1.82) is 0 Å². The first-order valence-electron chi connectivity index (χ1n) is 9.99. The van der Waals surface area contributed by atoms with E-state index in [1.165, 1.54) is 36.4 Å². The van der Waals surface area contributed by atoms with Crippen LogP contribution < -0.4 is 5.32 Å². The van der Waals surface area contributed by atoms with Crippen molar-refractivity contribution >= 4 is 11.6 Å². The van der Waals surface area contributed by atoms with Crippen LogP contribution in [-0.2, 0) is 0 Å². The minimum absolute atomic E-state index is 0.0562. The monoisotopic (exact) mass is 399 g/mol.